The van der Waals surface area contributed by atoms with Crippen molar-refractivity contribution in [1.82, 2.24) is 29.5 Å². The highest BCUT2D eigenvalue weighted by molar-refractivity contribution is 5.80. The minimum absolute atomic E-state index is 0.000708. The lowest BCUT2D eigenvalue weighted by molar-refractivity contribution is -0.00805. The number of guanidine groups is 1. The molecule has 1 fully saturated rings. The Kier molecular flexibility index (Phi) is 5.38. The van der Waals surface area contributed by atoms with E-state index in [4.69, 9.17) is 4.74 Å². The van der Waals surface area contributed by atoms with Gasteiger partial charge in [-0.3, -0.25) is 9.67 Å². The Morgan fingerprint density at radius 3 is 3.00 bits per heavy atom. The van der Waals surface area contributed by atoms with Gasteiger partial charge in [0.05, 0.1) is 31.4 Å². The van der Waals surface area contributed by atoms with Gasteiger partial charge >= 0.3 is 0 Å². The average Bonchev–Trinajstić information content (AvgIpc) is 3.41. The van der Waals surface area contributed by atoms with Crippen LogP contribution in [0.5, 0.6) is 0 Å². The van der Waals surface area contributed by atoms with Crippen molar-refractivity contribution in [3.63, 3.8) is 0 Å². The second kappa shape index (κ2) is 8.26. The highest BCUT2D eigenvalue weighted by Crippen LogP contribution is 2.22. The fraction of sp³-hybridized carbons (Fsp3) is 0.350. The zero-order chi connectivity index (χ0) is 19.3. The number of nitrogens with zero attached hydrogens (tertiary/aromatic N) is 6. The van der Waals surface area contributed by atoms with Crippen LogP contribution in [0.15, 0.2) is 60.4 Å². The molecule has 28 heavy (non-hydrogen) atoms. The quantitative estimate of drug-likeness (QED) is 0.552. The summed E-state index contributed by atoms with van der Waals surface area (Å²) in [7, 11) is 3.74. The fourth-order valence-electron chi connectivity index (χ4n) is 3.47. The molecule has 2 aromatic heterocycles. The van der Waals surface area contributed by atoms with Gasteiger partial charge in [-0.1, -0.05) is 18.2 Å². The van der Waals surface area contributed by atoms with Gasteiger partial charge in [0.1, 0.15) is 6.10 Å². The zero-order valence-electron chi connectivity index (χ0n) is 16.2. The summed E-state index contributed by atoms with van der Waals surface area (Å²) >= 11 is 0. The SMILES string of the molecule is CN=C(NCc1ccccc1-n1ccnc1)N1CCOC(c2cnn(C)c2)C1. The molecule has 0 amide bonds. The molecule has 0 spiro atoms. The maximum absolute atomic E-state index is 5.95. The van der Waals surface area contributed by atoms with Gasteiger partial charge in [-0.2, -0.15) is 5.10 Å². The highest BCUT2D eigenvalue weighted by Gasteiger charge is 2.25. The lowest BCUT2D eigenvalue weighted by Gasteiger charge is -2.34. The van der Waals surface area contributed by atoms with Crippen LogP contribution in [0.1, 0.15) is 17.2 Å². The van der Waals surface area contributed by atoms with Crippen LogP contribution >= 0.6 is 0 Å². The average molecular weight is 379 g/mol. The Hall–Kier alpha value is -3.13. The van der Waals surface area contributed by atoms with Gasteiger partial charge in [0, 0.05) is 51.3 Å². The number of aromatic nitrogens is 4. The van der Waals surface area contributed by atoms with Crippen LogP contribution in [-0.2, 0) is 18.3 Å². The van der Waals surface area contributed by atoms with Crippen molar-refractivity contribution in [1.29, 1.82) is 0 Å². The van der Waals surface area contributed by atoms with E-state index in [1.165, 1.54) is 5.56 Å². The summed E-state index contributed by atoms with van der Waals surface area (Å²) in [6, 6.07) is 8.30. The van der Waals surface area contributed by atoms with E-state index in [1.54, 1.807) is 10.9 Å². The molecule has 0 bridgehead atoms. The number of imidazole rings is 1. The first-order valence-corrected chi connectivity index (χ1v) is 9.36. The summed E-state index contributed by atoms with van der Waals surface area (Å²) in [5.41, 5.74) is 3.38. The molecule has 1 saturated heterocycles. The van der Waals surface area contributed by atoms with Crippen LogP contribution in [0, 0.1) is 0 Å². The van der Waals surface area contributed by atoms with E-state index in [9.17, 15) is 0 Å². The Balaban J connectivity index is 1.44. The zero-order valence-corrected chi connectivity index (χ0v) is 16.2. The van der Waals surface area contributed by atoms with Crippen LogP contribution in [-0.4, -0.2) is 56.9 Å². The van der Waals surface area contributed by atoms with E-state index in [0.29, 0.717) is 13.2 Å². The molecule has 1 aliphatic heterocycles. The molecule has 1 aromatic carbocycles. The molecule has 0 saturated carbocycles. The van der Waals surface area contributed by atoms with Gasteiger partial charge in [0.2, 0.25) is 0 Å². The maximum Gasteiger partial charge on any atom is 0.194 e. The first kappa shape index (κ1) is 18.2. The van der Waals surface area contributed by atoms with Gasteiger partial charge in [0.25, 0.3) is 0 Å². The standard InChI is InChI=1S/C20H25N7O/c1-21-20(26-9-10-28-19(14-26)17-12-24-25(2)13-17)23-11-16-5-3-4-6-18(16)27-8-7-22-15-27/h3-8,12-13,15,19H,9-11,14H2,1-2H3,(H,21,23). The van der Waals surface area contributed by atoms with Gasteiger partial charge in [0.15, 0.2) is 5.96 Å². The molecule has 4 rings (SSSR count). The van der Waals surface area contributed by atoms with Crippen molar-refractivity contribution in [3.8, 4) is 5.69 Å². The molecule has 1 unspecified atom stereocenters. The molecule has 8 heteroatoms. The Labute approximate surface area is 164 Å². The molecule has 1 aliphatic rings. The number of morpholine rings is 1. The van der Waals surface area contributed by atoms with Gasteiger partial charge in [-0.15, -0.1) is 0 Å². The smallest absolute Gasteiger partial charge is 0.194 e. The Bertz CT molecular complexity index is 932. The normalized spacial score (nSPS) is 17.7. The number of hydrogen-bond acceptors (Lipinski definition) is 4. The van der Waals surface area contributed by atoms with E-state index >= 15 is 0 Å². The lowest BCUT2D eigenvalue weighted by atomic mass is 10.1. The van der Waals surface area contributed by atoms with Crippen LogP contribution in [0.2, 0.25) is 0 Å². The summed E-state index contributed by atoms with van der Waals surface area (Å²) in [4.78, 5) is 10.9. The van der Waals surface area contributed by atoms with Crippen LogP contribution in [0.25, 0.3) is 5.69 Å². The number of hydrogen-bond donors (Lipinski definition) is 1. The first-order valence-electron chi connectivity index (χ1n) is 9.36. The third-order valence-electron chi connectivity index (χ3n) is 4.89. The third-order valence-corrected chi connectivity index (χ3v) is 4.89. The molecule has 0 radical (unpaired) electrons. The predicted octanol–water partition coefficient (Wildman–Crippen LogP) is 1.75. The maximum atomic E-state index is 5.95. The molecule has 8 nitrogen and oxygen atoms in total. The number of ether oxygens (including phenoxy) is 1. The van der Waals surface area contributed by atoms with Gasteiger partial charge in [-0.25, -0.2) is 4.98 Å². The number of rotatable bonds is 4. The Morgan fingerprint density at radius 2 is 2.25 bits per heavy atom. The van der Waals surface area contributed by atoms with E-state index in [0.717, 1.165) is 30.3 Å². The second-order valence-electron chi connectivity index (χ2n) is 6.75. The second-order valence-corrected chi connectivity index (χ2v) is 6.75. The molecule has 3 heterocycles. The summed E-state index contributed by atoms with van der Waals surface area (Å²) in [6.07, 6.45) is 9.43. The largest absolute Gasteiger partial charge is 0.370 e. The minimum atomic E-state index is -0.000708. The molecule has 0 aliphatic carbocycles. The number of aryl methyl sites for hydroxylation is 1. The van der Waals surface area contributed by atoms with E-state index in [2.05, 4.69) is 37.4 Å². The van der Waals surface area contributed by atoms with Crippen LogP contribution in [0.3, 0.4) is 0 Å². The van der Waals surface area contributed by atoms with Crippen molar-refractivity contribution in [3.05, 3.63) is 66.5 Å². The van der Waals surface area contributed by atoms with Crippen molar-refractivity contribution in [2.75, 3.05) is 26.7 Å². The van der Waals surface area contributed by atoms with Crippen LogP contribution < -0.4 is 5.32 Å². The summed E-state index contributed by atoms with van der Waals surface area (Å²) in [5, 5.41) is 7.76. The number of nitrogens with one attached hydrogen (secondary N) is 1. The summed E-state index contributed by atoms with van der Waals surface area (Å²) in [6.45, 7) is 2.88. The molecular formula is C20H25N7O. The van der Waals surface area contributed by atoms with Crippen LogP contribution in [0.4, 0.5) is 0 Å². The molecular weight excluding hydrogens is 354 g/mol. The predicted molar refractivity (Wildman–Crippen MR) is 107 cm³/mol. The van der Waals surface area contributed by atoms with Crippen molar-refractivity contribution in [2.24, 2.45) is 12.0 Å². The van der Waals surface area contributed by atoms with Gasteiger partial charge in [-0.05, 0) is 11.6 Å². The monoisotopic (exact) mass is 379 g/mol. The topological polar surface area (TPSA) is 72.5 Å². The molecule has 146 valence electrons. The summed E-state index contributed by atoms with van der Waals surface area (Å²) in [5.74, 6) is 0.873. The first-order chi connectivity index (χ1) is 13.7. The van der Waals surface area contributed by atoms with Gasteiger partial charge < -0.3 is 19.5 Å². The number of benzene rings is 1. The van der Waals surface area contributed by atoms with Crippen molar-refractivity contribution in [2.45, 2.75) is 12.6 Å². The third kappa shape index (κ3) is 3.91. The van der Waals surface area contributed by atoms with E-state index in [-0.39, 0.29) is 6.10 Å². The Morgan fingerprint density at radius 1 is 1.36 bits per heavy atom. The summed E-state index contributed by atoms with van der Waals surface area (Å²) < 4.78 is 9.77. The van der Waals surface area contributed by atoms with E-state index in [1.807, 2.05) is 55.7 Å². The molecule has 3 aromatic rings. The lowest BCUT2D eigenvalue weighted by Crippen LogP contribution is -2.48. The minimum Gasteiger partial charge on any atom is -0.370 e. The molecule has 1 N–H and O–H groups in total. The number of aliphatic imine (C=N–C) groups is 1. The van der Waals surface area contributed by atoms with Crippen molar-refractivity contribution < 1.29 is 4.74 Å². The number of para-hydroxylation sites is 1. The fourth-order valence-corrected chi connectivity index (χ4v) is 3.47. The molecule has 1 atom stereocenters. The highest BCUT2D eigenvalue weighted by atomic mass is 16.5. The van der Waals surface area contributed by atoms with Crippen molar-refractivity contribution >= 4 is 5.96 Å². The van der Waals surface area contributed by atoms with E-state index < -0.39 is 0 Å².